The van der Waals surface area contributed by atoms with Crippen LogP contribution < -0.4 is 5.73 Å². The van der Waals surface area contributed by atoms with Crippen LogP contribution in [0.25, 0.3) is 0 Å². The minimum atomic E-state index is -3.15. The number of thiophene rings is 1. The van der Waals surface area contributed by atoms with Crippen LogP contribution in [0.4, 0.5) is 0 Å². The summed E-state index contributed by atoms with van der Waals surface area (Å²) >= 11 is 1.51. The van der Waals surface area contributed by atoms with Crippen LogP contribution in [0.3, 0.4) is 0 Å². The lowest BCUT2D eigenvalue weighted by Crippen LogP contribution is -2.28. The van der Waals surface area contributed by atoms with Gasteiger partial charge in [0.2, 0.25) is 10.0 Å². The highest BCUT2D eigenvalue weighted by atomic mass is 32.2. The van der Waals surface area contributed by atoms with E-state index >= 15 is 0 Å². The summed E-state index contributed by atoms with van der Waals surface area (Å²) in [5, 5.41) is 1.94. The highest BCUT2D eigenvalue weighted by Crippen LogP contribution is 2.16. The molecule has 2 N–H and O–H groups in total. The quantitative estimate of drug-likeness (QED) is 0.812. The van der Waals surface area contributed by atoms with Gasteiger partial charge in [-0.15, -0.1) is 11.3 Å². The molecule has 1 rings (SSSR count). The van der Waals surface area contributed by atoms with Gasteiger partial charge in [-0.05, 0) is 23.4 Å². The van der Waals surface area contributed by atoms with E-state index < -0.39 is 10.0 Å². The summed E-state index contributed by atoms with van der Waals surface area (Å²) in [6.07, 6.45) is 1.58. The molecule has 1 heterocycles. The molecule has 0 saturated heterocycles. The van der Waals surface area contributed by atoms with Crippen LogP contribution in [0.5, 0.6) is 0 Å². The Kier molecular flexibility index (Phi) is 6.52. The first kappa shape index (κ1) is 16.2. The molecule has 0 aliphatic rings. The van der Waals surface area contributed by atoms with Gasteiger partial charge in [0, 0.05) is 13.6 Å². The van der Waals surface area contributed by atoms with Crippen LogP contribution in [0.1, 0.15) is 30.2 Å². The fourth-order valence-electron chi connectivity index (χ4n) is 1.50. The Morgan fingerprint density at radius 2 is 2.21 bits per heavy atom. The zero-order valence-corrected chi connectivity index (χ0v) is 13.0. The van der Waals surface area contributed by atoms with Gasteiger partial charge >= 0.3 is 0 Å². The summed E-state index contributed by atoms with van der Waals surface area (Å²) < 4.78 is 25.3. The highest BCUT2D eigenvalue weighted by Gasteiger charge is 2.17. The van der Waals surface area contributed by atoms with Gasteiger partial charge in [-0.3, -0.25) is 0 Å². The van der Waals surface area contributed by atoms with Crippen LogP contribution in [0.15, 0.2) is 11.4 Å². The Labute approximate surface area is 119 Å². The van der Waals surface area contributed by atoms with E-state index in [2.05, 4.69) is 11.8 Å². The summed E-state index contributed by atoms with van der Waals surface area (Å²) in [5.41, 5.74) is 6.28. The molecule has 0 unspecified atom stereocenters. The predicted octanol–water partition coefficient (Wildman–Crippen LogP) is 1.62. The third-order valence-electron chi connectivity index (χ3n) is 2.60. The molecule has 0 amide bonds. The standard InChI is InChI=1S/C13H20N2O2S2/c1-3-4-8-19(16,17)15(2)10-12-9-13(18-11-12)6-5-7-14/h9,11H,3-4,7-8,10,14H2,1-2H3. The summed E-state index contributed by atoms with van der Waals surface area (Å²) in [6.45, 7) is 2.71. The third-order valence-corrected chi connectivity index (χ3v) is 5.38. The van der Waals surface area contributed by atoms with Crippen molar-refractivity contribution in [3.63, 3.8) is 0 Å². The monoisotopic (exact) mass is 300 g/mol. The molecule has 19 heavy (non-hydrogen) atoms. The van der Waals surface area contributed by atoms with E-state index in [-0.39, 0.29) is 5.75 Å². The van der Waals surface area contributed by atoms with Crippen molar-refractivity contribution in [2.45, 2.75) is 26.3 Å². The van der Waals surface area contributed by atoms with Crippen molar-refractivity contribution in [1.82, 2.24) is 4.31 Å². The van der Waals surface area contributed by atoms with Crippen LogP contribution in [0.2, 0.25) is 0 Å². The molecule has 0 aromatic carbocycles. The van der Waals surface area contributed by atoms with Crippen molar-refractivity contribution in [3.8, 4) is 11.8 Å². The second-order valence-electron chi connectivity index (χ2n) is 4.25. The lowest BCUT2D eigenvalue weighted by atomic mass is 10.3. The molecule has 0 fully saturated rings. The van der Waals surface area contributed by atoms with Gasteiger partial charge in [-0.25, -0.2) is 12.7 Å². The van der Waals surface area contributed by atoms with Gasteiger partial charge in [0.1, 0.15) is 0 Å². The zero-order valence-electron chi connectivity index (χ0n) is 11.3. The van der Waals surface area contributed by atoms with Crippen LogP contribution in [-0.2, 0) is 16.6 Å². The predicted molar refractivity (Wildman–Crippen MR) is 80.4 cm³/mol. The van der Waals surface area contributed by atoms with Gasteiger partial charge in [0.15, 0.2) is 0 Å². The molecule has 4 nitrogen and oxygen atoms in total. The number of nitrogens with zero attached hydrogens (tertiary/aromatic N) is 1. The maximum atomic E-state index is 12.0. The first-order valence-electron chi connectivity index (χ1n) is 6.20. The number of hydrogen-bond acceptors (Lipinski definition) is 4. The maximum absolute atomic E-state index is 12.0. The van der Waals surface area contributed by atoms with E-state index in [9.17, 15) is 8.42 Å². The first-order chi connectivity index (χ1) is 8.99. The second-order valence-corrected chi connectivity index (χ2v) is 7.36. The van der Waals surface area contributed by atoms with Crippen molar-refractivity contribution >= 4 is 21.4 Å². The molecule has 0 aliphatic carbocycles. The molecule has 6 heteroatoms. The number of hydrogen-bond donors (Lipinski definition) is 1. The fourth-order valence-corrected chi connectivity index (χ4v) is 3.58. The molecule has 0 spiro atoms. The van der Waals surface area contributed by atoms with Gasteiger partial charge in [-0.2, -0.15) is 0 Å². The zero-order chi connectivity index (χ0) is 14.3. The van der Waals surface area contributed by atoms with Gasteiger partial charge in [0.05, 0.1) is 17.2 Å². The average molecular weight is 300 g/mol. The van der Waals surface area contributed by atoms with Crippen LogP contribution in [0, 0.1) is 11.8 Å². The molecule has 106 valence electrons. The summed E-state index contributed by atoms with van der Waals surface area (Å²) in [7, 11) is -1.53. The van der Waals surface area contributed by atoms with Crippen molar-refractivity contribution in [2.75, 3.05) is 19.3 Å². The van der Waals surface area contributed by atoms with Crippen LogP contribution in [-0.4, -0.2) is 32.1 Å². The van der Waals surface area contributed by atoms with E-state index in [1.54, 1.807) is 7.05 Å². The Hall–Kier alpha value is -0.870. The maximum Gasteiger partial charge on any atom is 0.214 e. The van der Waals surface area contributed by atoms with Crippen molar-refractivity contribution in [2.24, 2.45) is 5.73 Å². The summed E-state index contributed by atoms with van der Waals surface area (Å²) in [5.74, 6) is 5.94. The topological polar surface area (TPSA) is 63.4 Å². The highest BCUT2D eigenvalue weighted by molar-refractivity contribution is 7.89. The number of nitrogens with two attached hydrogens (primary N) is 1. The Bertz CT molecular complexity index is 553. The lowest BCUT2D eigenvalue weighted by Gasteiger charge is -2.16. The summed E-state index contributed by atoms with van der Waals surface area (Å²) in [4.78, 5) is 0.916. The minimum absolute atomic E-state index is 0.212. The van der Waals surface area contributed by atoms with Gasteiger partial charge in [0.25, 0.3) is 0 Å². The summed E-state index contributed by atoms with van der Waals surface area (Å²) in [6, 6.07) is 1.92. The normalized spacial score (nSPS) is 11.4. The Balaban J connectivity index is 2.66. The number of sulfonamides is 1. The third kappa shape index (κ3) is 5.33. The van der Waals surface area contributed by atoms with Crippen LogP contribution >= 0.6 is 11.3 Å². The first-order valence-corrected chi connectivity index (χ1v) is 8.69. The van der Waals surface area contributed by atoms with Gasteiger partial charge < -0.3 is 5.73 Å². The number of unbranched alkanes of at least 4 members (excludes halogenated alkanes) is 1. The Morgan fingerprint density at radius 1 is 1.47 bits per heavy atom. The lowest BCUT2D eigenvalue weighted by molar-refractivity contribution is 0.465. The molecular formula is C13H20N2O2S2. The SMILES string of the molecule is CCCCS(=O)(=O)N(C)Cc1csc(C#CCN)c1. The van der Waals surface area contributed by atoms with E-state index in [4.69, 9.17) is 5.73 Å². The van der Waals surface area contributed by atoms with E-state index in [1.807, 2.05) is 18.4 Å². The van der Waals surface area contributed by atoms with Crippen molar-refractivity contribution in [1.29, 1.82) is 0 Å². The molecule has 0 aliphatic heterocycles. The molecule has 0 bridgehead atoms. The molecular weight excluding hydrogens is 280 g/mol. The van der Waals surface area contributed by atoms with Crippen molar-refractivity contribution in [3.05, 3.63) is 21.9 Å². The molecule has 1 aromatic heterocycles. The molecule has 0 atom stereocenters. The van der Waals surface area contributed by atoms with Gasteiger partial charge in [-0.1, -0.05) is 25.2 Å². The largest absolute Gasteiger partial charge is 0.320 e. The average Bonchev–Trinajstić information content (AvgIpc) is 2.81. The molecule has 1 aromatic rings. The Morgan fingerprint density at radius 3 is 2.84 bits per heavy atom. The van der Waals surface area contributed by atoms with E-state index in [0.29, 0.717) is 19.5 Å². The minimum Gasteiger partial charge on any atom is -0.320 e. The molecule has 0 saturated carbocycles. The van der Waals surface area contributed by atoms with E-state index in [1.165, 1.54) is 15.6 Å². The number of rotatable bonds is 6. The molecule has 0 radical (unpaired) electrons. The fraction of sp³-hybridized carbons (Fsp3) is 0.538. The smallest absolute Gasteiger partial charge is 0.214 e. The second kappa shape index (κ2) is 7.65. The van der Waals surface area contributed by atoms with Crippen molar-refractivity contribution < 1.29 is 8.42 Å². The van der Waals surface area contributed by atoms with E-state index in [0.717, 1.165) is 16.9 Å².